The van der Waals surface area contributed by atoms with Crippen LogP contribution in [0.15, 0.2) is 42.5 Å². The lowest BCUT2D eigenvalue weighted by molar-refractivity contribution is -0.385. The van der Waals surface area contributed by atoms with E-state index in [0.717, 1.165) is 0 Å². The van der Waals surface area contributed by atoms with Crippen molar-refractivity contribution < 1.29 is 23.9 Å². The van der Waals surface area contributed by atoms with Gasteiger partial charge in [-0.25, -0.2) is 4.79 Å². The topological polar surface area (TPSA) is 87.9 Å². The Morgan fingerprint density at radius 2 is 1.84 bits per heavy atom. The Kier molecular flexibility index (Phi) is 5.94. The molecule has 0 aliphatic heterocycles. The molecule has 0 aromatic heterocycles. The summed E-state index contributed by atoms with van der Waals surface area (Å²) in [5, 5.41) is 10.9. The van der Waals surface area contributed by atoms with Gasteiger partial charge in [0.2, 0.25) is 0 Å². The summed E-state index contributed by atoms with van der Waals surface area (Å²) in [7, 11) is 1.44. The number of methoxy groups -OCH3 is 1. The Bertz CT molecular complexity index is 755. The van der Waals surface area contributed by atoms with E-state index in [4.69, 9.17) is 14.2 Å². The average Bonchev–Trinajstić information content (AvgIpc) is 2.59. The summed E-state index contributed by atoms with van der Waals surface area (Å²) in [6, 6.07) is 10.7. The second-order valence-electron chi connectivity index (χ2n) is 5.52. The van der Waals surface area contributed by atoms with E-state index in [2.05, 4.69) is 0 Å². The molecule has 7 heteroatoms. The molecule has 0 radical (unpaired) electrons. The first kappa shape index (κ1) is 18.3. The predicted molar refractivity (Wildman–Crippen MR) is 91.0 cm³/mol. The molecule has 25 heavy (non-hydrogen) atoms. The Morgan fingerprint density at radius 3 is 2.40 bits per heavy atom. The molecule has 2 aromatic rings. The van der Waals surface area contributed by atoms with Crippen molar-refractivity contribution in [2.24, 2.45) is 0 Å². The van der Waals surface area contributed by atoms with Crippen LogP contribution >= 0.6 is 0 Å². The van der Waals surface area contributed by atoms with E-state index >= 15 is 0 Å². The number of carbonyl (C=O) groups is 1. The third kappa shape index (κ3) is 4.94. The van der Waals surface area contributed by atoms with Gasteiger partial charge in [-0.2, -0.15) is 0 Å². The van der Waals surface area contributed by atoms with Gasteiger partial charge in [-0.3, -0.25) is 10.1 Å². The molecule has 0 spiro atoms. The van der Waals surface area contributed by atoms with E-state index in [1.165, 1.54) is 25.3 Å². The summed E-state index contributed by atoms with van der Waals surface area (Å²) >= 11 is 0. The predicted octanol–water partition coefficient (Wildman–Crippen LogP) is 3.75. The normalized spacial score (nSPS) is 10.4. The van der Waals surface area contributed by atoms with Crippen LogP contribution in [-0.2, 0) is 11.3 Å². The number of esters is 1. The zero-order chi connectivity index (χ0) is 18.4. The fourth-order valence-electron chi connectivity index (χ4n) is 2.16. The van der Waals surface area contributed by atoms with Gasteiger partial charge in [-0.15, -0.1) is 0 Å². The lowest BCUT2D eigenvalue weighted by Gasteiger charge is -2.11. The summed E-state index contributed by atoms with van der Waals surface area (Å²) in [4.78, 5) is 22.5. The third-order valence-corrected chi connectivity index (χ3v) is 3.30. The molecule has 0 bridgehead atoms. The Hall–Kier alpha value is -3.09. The van der Waals surface area contributed by atoms with Gasteiger partial charge in [0.05, 0.1) is 23.7 Å². The van der Waals surface area contributed by atoms with E-state index in [1.807, 2.05) is 13.8 Å². The zero-order valence-electron chi connectivity index (χ0n) is 14.2. The molecular weight excluding hydrogens is 326 g/mol. The molecule has 7 nitrogen and oxygen atoms in total. The highest BCUT2D eigenvalue weighted by atomic mass is 16.6. The number of carbonyl (C=O) groups excluding carboxylic acids is 1. The number of hydrogen-bond donors (Lipinski definition) is 0. The van der Waals surface area contributed by atoms with Crippen LogP contribution in [0.2, 0.25) is 0 Å². The fraction of sp³-hybridized carbons (Fsp3) is 0.278. The molecule has 0 saturated carbocycles. The molecule has 0 fully saturated rings. The van der Waals surface area contributed by atoms with Crippen molar-refractivity contribution in [2.45, 2.75) is 26.6 Å². The van der Waals surface area contributed by atoms with E-state index in [-0.39, 0.29) is 18.4 Å². The van der Waals surface area contributed by atoms with E-state index in [0.29, 0.717) is 22.6 Å². The highest BCUT2D eigenvalue weighted by molar-refractivity contribution is 5.89. The molecule has 0 aliphatic rings. The highest BCUT2D eigenvalue weighted by Crippen LogP contribution is 2.25. The number of ether oxygens (including phenoxy) is 3. The number of rotatable bonds is 7. The Balaban J connectivity index is 2.06. The van der Waals surface area contributed by atoms with Crippen LogP contribution in [0.25, 0.3) is 0 Å². The molecular formula is C18H19NO6. The van der Waals surface area contributed by atoms with Gasteiger partial charge in [-0.05, 0) is 44.2 Å². The SMILES string of the molecule is COc1ccc([N+](=O)[O-])cc1COC(=O)c1ccc(OC(C)C)cc1. The summed E-state index contributed by atoms with van der Waals surface area (Å²) in [5.74, 6) is 0.538. The molecule has 2 rings (SSSR count). The van der Waals surface area contributed by atoms with Crippen molar-refractivity contribution in [3.63, 3.8) is 0 Å². The van der Waals surface area contributed by atoms with Gasteiger partial charge in [0.15, 0.2) is 0 Å². The highest BCUT2D eigenvalue weighted by Gasteiger charge is 2.14. The second-order valence-corrected chi connectivity index (χ2v) is 5.52. The maximum atomic E-state index is 12.1. The molecule has 0 unspecified atom stereocenters. The van der Waals surface area contributed by atoms with Crippen LogP contribution in [0.5, 0.6) is 11.5 Å². The summed E-state index contributed by atoms with van der Waals surface area (Å²) in [5.41, 5.74) is 0.687. The van der Waals surface area contributed by atoms with Crippen molar-refractivity contribution in [1.29, 1.82) is 0 Å². The van der Waals surface area contributed by atoms with Crippen LogP contribution in [0.3, 0.4) is 0 Å². The minimum atomic E-state index is -0.537. The summed E-state index contributed by atoms with van der Waals surface area (Å²) in [6.07, 6.45) is 0.0409. The minimum absolute atomic E-state index is 0.0409. The monoisotopic (exact) mass is 345 g/mol. The second kappa shape index (κ2) is 8.14. The summed E-state index contributed by atoms with van der Waals surface area (Å²) < 4.78 is 15.9. The number of non-ortho nitro benzene ring substituents is 1. The van der Waals surface area contributed by atoms with Crippen molar-refractivity contribution >= 4 is 11.7 Å². The average molecular weight is 345 g/mol. The maximum absolute atomic E-state index is 12.1. The van der Waals surface area contributed by atoms with Crippen LogP contribution in [0.1, 0.15) is 29.8 Å². The van der Waals surface area contributed by atoms with E-state index in [9.17, 15) is 14.9 Å². The van der Waals surface area contributed by atoms with Crippen molar-refractivity contribution in [3.05, 3.63) is 63.7 Å². The number of hydrogen-bond acceptors (Lipinski definition) is 6. The van der Waals surface area contributed by atoms with Gasteiger partial charge >= 0.3 is 5.97 Å². The molecule has 0 atom stereocenters. The number of benzene rings is 2. The largest absolute Gasteiger partial charge is 0.496 e. The Labute approximate surface area is 145 Å². The van der Waals surface area contributed by atoms with Gasteiger partial charge in [0, 0.05) is 17.7 Å². The first-order valence-electron chi connectivity index (χ1n) is 7.66. The quantitative estimate of drug-likeness (QED) is 0.431. The van der Waals surface area contributed by atoms with E-state index in [1.54, 1.807) is 24.3 Å². The van der Waals surface area contributed by atoms with Gasteiger partial charge in [0.25, 0.3) is 5.69 Å². The van der Waals surface area contributed by atoms with Crippen molar-refractivity contribution in [2.75, 3.05) is 7.11 Å². The van der Waals surface area contributed by atoms with Gasteiger partial charge < -0.3 is 14.2 Å². The first-order valence-corrected chi connectivity index (χ1v) is 7.66. The van der Waals surface area contributed by atoms with E-state index < -0.39 is 10.9 Å². The molecule has 0 N–H and O–H groups in total. The van der Waals surface area contributed by atoms with Gasteiger partial charge in [-0.1, -0.05) is 0 Å². The molecule has 0 aliphatic carbocycles. The lowest BCUT2D eigenvalue weighted by Crippen LogP contribution is -2.08. The maximum Gasteiger partial charge on any atom is 0.338 e. The third-order valence-electron chi connectivity index (χ3n) is 3.30. The number of nitro groups is 1. The Morgan fingerprint density at radius 1 is 1.16 bits per heavy atom. The molecule has 0 amide bonds. The lowest BCUT2D eigenvalue weighted by atomic mass is 10.2. The smallest absolute Gasteiger partial charge is 0.338 e. The van der Waals surface area contributed by atoms with Crippen LogP contribution < -0.4 is 9.47 Å². The molecule has 0 heterocycles. The molecule has 2 aromatic carbocycles. The standard InChI is InChI=1S/C18H19NO6/c1-12(2)25-16-7-4-13(5-8-16)18(20)24-11-14-10-15(19(21)22)6-9-17(14)23-3/h4-10,12H,11H2,1-3H3. The fourth-order valence-corrected chi connectivity index (χ4v) is 2.16. The van der Waals surface area contributed by atoms with Gasteiger partial charge in [0.1, 0.15) is 18.1 Å². The minimum Gasteiger partial charge on any atom is -0.496 e. The molecule has 132 valence electrons. The summed E-state index contributed by atoms with van der Waals surface area (Å²) in [6.45, 7) is 3.69. The van der Waals surface area contributed by atoms with Crippen molar-refractivity contribution in [3.8, 4) is 11.5 Å². The van der Waals surface area contributed by atoms with Crippen molar-refractivity contribution in [1.82, 2.24) is 0 Å². The van der Waals surface area contributed by atoms with Crippen LogP contribution in [0, 0.1) is 10.1 Å². The first-order chi connectivity index (χ1) is 11.9. The number of nitrogens with zero attached hydrogens (tertiary/aromatic N) is 1. The zero-order valence-corrected chi connectivity index (χ0v) is 14.2. The van der Waals surface area contributed by atoms with Crippen LogP contribution in [0.4, 0.5) is 5.69 Å². The van der Waals surface area contributed by atoms with Crippen LogP contribution in [-0.4, -0.2) is 24.1 Å². The molecule has 0 saturated heterocycles. The number of nitro benzene ring substituents is 1.